The monoisotopic (exact) mass is 329 g/mol. The van der Waals surface area contributed by atoms with Crippen molar-refractivity contribution in [3.8, 4) is 10.6 Å². The Morgan fingerprint density at radius 2 is 2.14 bits per heavy atom. The van der Waals surface area contributed by atoms with Crippen LogP contribution in [0.4, 0.5) is 0 Å². The lowest BCUT2D eigenvalue weighted by molar-refractivity contribution is 0.198. The number of nitrogens with one attached hydrogen (secondary N) is 1. The summed E-state index contributed by atoms with van der Waals surface area (Å²) in [7, 11) is -3.71. The van der Waals surface area contributed by atoms with Gasteiger partial charge in [-0.05, 0) is 32.2 Å². The molecule has 0 aliphatic rings. The fourth-order valence-electron chi connectivity index (χ4n) is 1.73. The van der Waals surface area contributed by atoms with Gasteiger partial charge in [-0.1, -0.05) is 6.07 Å². The van der Waals surface area contributed by atoms with Gasteiger partial charge in [0.15, 0.2) is 0 Å². The highest BCUT2D eigenvalue weighted by Gasteiger charge is 2.24. The molecule has 2 aromatic rings. The third-order valence-corrected chi connectivity index (χ3v) is 5.14. The van der Waals surface area contributed by atoms with E-state index in [2.05, 4.69) is 9.82 Å². The van der Waals surface area contributed by atoms with Crippen molar-refractivity contribution in [3.05, 3.63) is 23.7 Å². The quantitative estimate of drug-likeness (QED) is 0.847. The van der Waals surface area contributed by atoms with E-state index in [1.807, 2.05) is 31.4 Å². The minimum Gasteiger partial charge on any atom is -0.392 e. The summed E-state index contributed by atoms with van der Waals surface area (Å²) in [5.74, 6) is 0. The number of aromatic nitrogens is 2. The summed E-state index contributed by atoms with van der Waals surface area (Å²) < 4.78 is 28.9. The third kappa shape index (κ3) is 3.70. The van der Waals surface area contributed by atoms with Crippen molar-refractivity contribution >= 4 is 21.4 Å². The standard InChI is InChI=1S/C13H19N3O3S2/c1-9(2)16-8-12(21(18,19)14-7-10(3)17)13(15-16)11-5-4-6-20-11/h4-6,8-10,14,17H,7H2,1-3H3. The molecule has 0 spiro atoms. The van der Waals surface area contributed by atoms with E-state index in [4.69, 9.17) is 0 Å². The number of aliphatic hydroxyl groups is 1. The molecule has 2 aromatic heterocycles. The molecule has 6 nitrogen and oxygen atoms in total. The van der Waals surface area contributed by atoms with E-state index in [9.17, 15) is 13.5 Å². The molecule has 0 bridgehead atoms. The Hall–Kier alpha value is -1.22. The molecule has 1 atom stereocenters. The van der Waals surface area contributed by atoms with E-state index in [0.717, 1.165) is 4.88 Å². The normalized spacial score (nSPS) is 13.8. The Bertz CT molecular complexity index is 688. The van der Waals surface area contributed by atoms with Crippen LogP contribution in [-0.4, -0.2) is 36.0 Å². The molecule has 8 heteroatoms. The Morgan fingerprint density at radius 3 is 2.67 bits per heavy atom. The first kappa shape index (κ1) is 16.2. The van der Waals surface area contributed by atoms with Crippen LogP contribution in [0.15, 0.2) is 28.6 Å². The van der Waals surface area contributed by atoms with Crippen LogP contribution in [0.3, 0.4) is 0 Å². The van der Waals surface area contributed by atoms with Crippen LogP contribution in [0.1, 0.15) is 26.8 Å². The summed E-state index contributed by atoms with van der Waals surface area (Å²) in [6, 6.07) is 3.75. The maximum atomic E-state index is 12.4. The minimum absolute atomic E-state index is 0.0287. The Kier molecular flexibility index (Phi) is 4.82. The van der Waals surface area contributed by atoms with Crippen molar-refractivity contribution < 1.29 is 13.5 Å². The van der Waals surface area contributed by atoms with Gasteiger partial charge < -0.3 is 5.11 Å². The molecule has 0 saturated heterocycles. The molecule has 0 saturated carbocycles. The summed E-state index contributed by atoms with van der Waals surface area (Å²) in [5.41, 5.74) is 0.441. The van der Waals surface area contributed by atoms with Crippen molar-refractivity contribution in [2.75, 3.05) is 6.54 Å². The van der Waals surface area contributed by atoms with Crippen molar-refractivity contribution in [1.82, 2.24) is 14.5 Å². The topological polar surface area (TPSA) is 84.2 Å². The first-order valence-corrected chi connectivity index (χ1v) is 8.98. The number of rotatable bonds is 6. The Morgan fingerprint density at radius 1 is 1.43 bits per heavy atom. The lowest BCUT2D eigenvalue weighted by atomic mass is 10.3. The van der Waals surface area contributed by atoms with Crippen LogP contribution in [-0.2, 0) is 10.0 Å². The molecule has 2 N–H and O–H groups in total. The van der Waals surface area contributed by atoms with Gasteiger partial charge in [-0.2, -0.15) is 5.10 Å². The molecule has 2 heterocycles. The molecule has 0 radical (unpaired) electrons. The number of nitrogens with zero attached hydrogens (tertiary/aromatic N) is 2. The highest BCUT2D eigenvalue weighted by Crippen LogP contribution is 2.30. The summed E-state index contributed by atoms with van der Waals surface area (Å²) in [4.78, 5) is 0.936. The van der Waals surface area contributed by atoms with Crippen molar-refractivity contribution in [1.29, 1.82) is 0 Å². The van der Waals surface area contributed by atoms with Crippen LogP contribution in [0.25, 0.3) is 10.6 Å². The molecule has 0 fully saturated rings. The smallest absolute Gasteiger partial charge is 0.244 e. The zero-order chi connectivity index (χ0) is 15.6. The number of aliphatic hydroxyl groups excluding tert-OH is 1. The second-order valence-corrected chi connectivity index (χ2v) is 7.78. The Labute approximate surface area is 128 Å². The minimum atomic E-state index is -3.71. The van der Waals surface area contributed by atoms with Gasteiger partial charge in [0.1, 0.15) is 10.6 Å². The largest absolute Gasteiger partial charge is 0.392 e. The number of hydrogen-bond donors (Lipinski definition) is 2. The van der Waals surface area contributed by atoms with Gasteiger partial charge in [0.05, 0.1) is 11.0 Å². The van der Waals surface area contributed by atoms with Gasteiger partial charge in [0.25, 0.3) is 0 Å². The third-order valence-electron chi connectivity index (χ3n) is 2.84. The molecule has 0 aliphatic heterocycles. The van der Waals surface area contributed by atoms with Crippen molar-refractivity contribution in [3.63, 3.8) is 0 Å². The average molecular weight is 329 g/mol. The van der Waals surface area contributed by atoms with Crippen LogP contribution in [0, 0.1) is 0 Å². The van der Waals surface area contributed by atoms with Gasteiger partial charge in [-0.25, -0.2) is 13.1 Å². The summed E-state index contributed by atoms with van der Waals surface area (Å²) in [6.45, 7) is 5.37. The molecule has 21 heavy (non-hydrogen) atoms. The zero-order valence-corrected chi connectivity index (χ0v) is 13.8. The van der Waals surface area contributed by atoms with E-state index in [1.165, 1.54) is 24.5 Å². The van der Waals surface area contributed by atoms with Crippen LogP contribution in [0.2, 0.25) is 0 Å². The lowest BCUT2D eigenvalue weighted by Gasteiger charge is -2.07. The molecule has 1 unspecified atom stereocenters. The van der Waals surface area contributed by atoms with E-state index >= 15 is 0 Å². The summed E-state index contributed by atoms with van der Waals surface area (Å²) in [5, 5.41) is 15.5. The first-order valence-electron chi connectivity index (χ1n) is 6.62. The molecule has 2 rings (SSSR count). The second-order valence-electron chi connectivity index (χ2n) is 5.09. The SMILES string of the molecule is CC(O)CNS(=O)(=O)c1cn(C(C)C)nc1-c1cccs1. The molecule has 116 valence electrons. The summed E-state index contributed by atoms with van der Waals surface area (Å²) >= 11 is 1.44. The van der Waals surface area contributed by atoms with Crippen LogP contribution < -0.4 is 4.72 Å². The Balaban J connectivity index is 2.46. The number of sulfonamides is 1. The molecular weight excluding hydrogens is 310 g/mol. The molecular formula is C13H19N3O3S2. The van der Waals surface area contributed by atoms with Crippen molar-refractivity contribution in [2.45, 2.75) is 37.8 Å². The predicted molar refractivity (Wildman–Crippen MR) is 82.8 cm³/mol. The first-order chi connectivity index (χ1) is 9.81. The average Bonchev–Trinajstić information content (AvgIpc) is 3.04. The van der Waals surface area contributed by atoms with Crippen LogP contribution in [0.5, 0.6) is 0 Å². The van der Waals surface area contributed by atoms with Gasteiger partial charge in [-0.15, -0.1) is 11.3 Å². The maximum absolute atomic E-state index is 12.4. The van der Waals surface area contributed by atoms with E-state index < -0.39 is 16.1 Å². The predicted octanol–water partition coefficient (Wildman–Crippen LogP) is 1.85. The van der Waals surface area contributed by atoms with Gasteiger partial charge >= 0.3 is 0 Å². The fourth-order valence-corrected chi connectivity index (χ4v) is 3.78. The lowest BCUT2D eigenvalue weighted by Crippen LogP contribution is -2.30. The van der Waals surface area contributed by atoms with Gasteiger partial charge in [0.2, 0.25) is 10.0 Å². The zero-order valence-electron chi connectivity index (χ0n) is 12.1. The molecule has 0 aromatic carbocycles. The molecule has 0 amide bonds. The maximum Gasteiger partial charge on any atom is 0.244 e. The summed E-state index contributed by atoms with van der Waals surface area (Å²) in [6.07, 6.45) is 0.787. The highest BCUT2D eigenvalue weighted by atomic mass is 32.2. The second kappa shape index (κ2) is 6.27. The van der Waals surface area contributed by atoms with Crippen LogP contribution >= 0.6 is 11.3 Å². The van der Waals surface area contributed by atoms with E-state index in [-0.39, 0.29) is 17.5 Å². The number of thiophene rings is 1. The van der Waals surface area contributed by atoms with Gasteiger partial charge in [0, 0.05) is 18.8 Å². The van der Waals surface area contributed by atoms with E-state index in [1.54, 1.807) is 4.68 Å². The van der Waals surface area contributed by atoms with Gasteiger partial charge in [-0.3, -0.25) is 4.68 Å². The van der Waals surface area contributed by atoms with E-state index in [0.29, 0.717) is 5.69 Å². The van der Waals surface area contributed by atoms with Crippen molar-refractivity contribution in [2.24, 2.45) is 0 Å². The fraction of sp³-hybridized carbons (Fsp3) is 0.462. The highest BCUT2D eigenvalue weighted by molar-refractivity contribution is 7.89. The number of hydrogen-bond acceptors (Lipinski definition) is 5. The molecule has 0 aliphatic carbocycles.